The number of hydrogen-bond donors (Lipinski definition) is 6. The molecule has 16 heteroatoms. The number of aliphatic hydroxyl groups is 2. The highest BCUT2D eigenvalue weighted by Gasteiger charge is 2.40. The van der Waals surface area contributed by atoms with Crippen LogP contribution in [0, 0.1) is 23.7 Å². The zero-order chi connectivity index (χ0) is 46.5. The predicted octanol–water partition coefficient (Wildman–Crippen LogP) is 5.58. The zero-order valence-corrected chi connectivity index (χ0v) is 38.5. The minimum Gasteiger partial charge on any atom is -0.393 e. The Hall–Kier alpha value is -6.18. The number of rotatable bonds is 10. The summed E-state index contributed by atoms with van der Waals surface area (Å²) in [6.45, 7) is 10.8. The third kappa shape index (κ3) is 10.6. The molecule has 4 fully saturated rings. The molecule has 16 nitrogen and oxygen atoms in total. The van der Waals surface area contributed by atoms with Crippen molar-refractivity contribution in [2.24, 2.45) is 11.8 Å². The fourth-order valence-electron chi connectivity index (χ4n) is 9.52. The van der Waals surface area contributed by atoms with Crippen LogP contribution < -0.4 is 10.6 Å². The third-order valence-electron chi connectivity index (χ3n) is 13.6. The van der Waals surface area contributed by atoms with Crippen LogP contribution in [-0.2, 0) is 9.59 Å². The van der Waals surface area contributed by atoms with Crippen LogP contribution in [0.1, 0.15) is 114 Å². The molecule has 0 unspecified atom stereocenters. The number of aromatic amines is 2. The van der Waals surface area contributed by atoms with E-state index >= 15 is 0 Å². The van der Waals surface area contributed by atoms with Crippen molar-refractivity contribution in [3.8, 4) is 34.4 Å². The van der Waals surface area contributed by atoms with Crippen LogP contribution in [-0.4, -0.2) is 137 Å². The van der Waals surface area contributed by atoms with Crippen LogP contribution in [0.3, 0.4) is 0 Å². The SMILES string of the molecule is CC(C)[C@@H](NC(=O)N1CCC(O)CC1)C(=O)N1CCC[C@H]1c1ncc(-c2ccc(C#Cc3ccc(-c4cnc([C@@H]5CCCN5C(=O)[C@H](NC(=O)N5CCC(O)CC5)C(C)C)[nH]4)cc3)cc2)[nH]1. The van der Waals surface area contributed by atoms with Crippen molar-refractivity contribution in [2.75, 3.05) is 39.3 Å². The van der Waals surface area contributed by atoms with Crippen molar-refractivity contribution in [3.05, 3.63) is 83.7 Å². The van der Waals surface area contributed by atoms with E-state index in [1.54, 1.807) is 22.2 Å². The second kappa shape index (κ2) is 20.6. The Labute approximate surface area is 386 Å². The standard InChI is InChI=1S/C50H64N10O6/c1-31(2)43(55-49(65)57-25-19-37(61)20-26-57)47(63)59-23-5-7-41(59)45-51-29-39(53-45)35-15-11-33(12-16-35)9-10-34-13-17-36(18-14-34)40-30-52-46(54-40)42-8-6-24-60(42)48(64)44(32(3)4)56-50(66)58-27-21-38(62)22-28-58/h11-18,29-32,37-38,41-44,61-62H,5-8,19-28H2,1-4H3,(H,51,53)(H,52,54)(H,55,65)(H,56,66)/t41-,42-,43+,44+/m0/s1. The normalized spacial score (nSPS) is 20.4. The van der Waals surface area contributed by atoms with Crippen LogP contribution in [0.15, 0.2) is 60.9 Å². The van der Waals surface area contributed by atoms with E-state index in [0.29, 0.717) is 65.0 Å². The summed E-state index contributed by atoms with van der Waals surface area (Å²) in [5, 5.41) is 25.7. The number of piperidine rings is 2. The molecule has 4 atom stereocenters. The Bertz CT molecular complexity index is 2220. The topological polar surface area (TPSA) is 203 Å². The van der Waals surface area contributed by atoms with E-state index in [4.69, 9.17) is 9.97 Å². The molecule has 6 amide bonds. The Balaban J connectivity index is 0.860. The fraction of sp³-hybridized carbons (Fsp3) is 0.520. The Morgan fingerprint density at radius 1 is 0.576 bits per heavy atom. The number of likely N-dealkylation sites (tertiary alicyclic amines) is 4. The second-order valence-electron chi connectivity index (χ2n) is 18.9. The quantitative estimate of drug-likeness (QED) is 0.111. The van der Waals surface area contributed by atoms with Gasteiger partial charge in [-0.25, -0.2) is 19.6 Å². The predicted molar refractivity (Wildman–Crippen MR) is 249 cm³/mol. The summed E-state index contributed by atoms with van der Waals surface area (Å²) < 4.78 is 0. The summed E-state index contributed by atoms with van der Waals surface area (Å²) in [6.07, 6.45) is 8.21. The lowest BCUT2D eigenvalue weighted by Crippen LogP contribution is -2.55. The highest BCUT2D eigenvalue weighted by Crippen LogP contribution is 2.34. The average molecular weight is 901 g/mol. The number of urea groups is 2. The largest absolute Gasteiger partial charge is 0.393 e. The fourth-order valence-corrected chi connectivity index (χ4v) is 9.52. The minimum atomic E-state index is -0.667. The first-order valence-corrected chi connectivity index (χ1v) is 23.7. The summed E-state index contributed by atoms with van der Waals surface area (Å²) in [6, 6.07) is 13.6. The summed E-state index contributed by atoms with van der Waals surface area (Å²) in [5.74, 6) is 7.55. The lowest BCUT2D eigenvalue weighted by Gasteiger charge is -2.34. The van der Waals surface area contributed by atoms with Gasteiger partial charge in [-0.2, -0.15) is 0 Å². The number of aliphatic hydroxyl groups excluding tert-OH is 2. The van der Waals surface area contributed by atoms with Gasteiger partial charge in [-0.1, -0.05) is 63.8 Å². The van der Waals surface area contributed by atoms with Gasteiger partial charge in [0.15, 0.2) is 0 Å². The molecule has 0 aliphatic carbocycles. The first kappa shape index (κ1) is 46.4. The molecule has 8 rings (SSSR count). The van der Waals surface area contributed by atoms with E-state index in [-0.39, 0.29) is 60.0 Å². The monoisotopic (exact) mass is 901 g/mol. The number of aromatic nitrogens is 4. The maximum Gasteiger partial charge on any atom is 0.318 e. The van der Waals surface area contributed by atoms with E-state index in [0.717, 1.165) is 71.0 Å². The molecule has 350 valence electrons. The van der Waals surface area contributed by atoms with E-state index in [2.05, 4.69) is 32.4 Å². The smallest absolute Gasteiger partial charge is 0.318 e. The molecule has 4 aromatic rings. The van der Waals surface area contributed by atoms with Crippen LogP contribution in [0.5, 0.6) is 0 Å². The van der Waals surface area contributed by atoms with Gasteiger partial charge < -0.3 is 50.4 Å². The molecule has 4 aliphatic heterocycles. The van der Waals surface area contributed by atoms with Crippen LogP contribution >= 0.6 is 0 Å². The number of amides is 6. The van der Waals surface area contributed by atoms with Crippen LogP contribution in [0.2, 0.25) is 0 Å². The lowest BCUT2D eigenvalue weighted by atomic mass is 10.0. The number of benzene rings is 2. The summed E-state index contributed by atoms with van der Waals surface area (Å²) in [5.41, 5.74) is 5.30. The number of nitrogens with zero attached hydrogens (tertiary/aromatic N) is 6. The first-order chi connectivity index (χ1) is 31.8. The molecule has 0 spiro atoms. The molecule has 4 aliphatic rings. The van der Waals surface area contributed by atoms with Gasteiger partial charge in [0.25, 0.3) is 0 Å². The Morgan fingerprint density at radius 3 is 1.29 bits per heavy atom. The van der Waals surface area contributed by atoms with E-state index < -0.39 is 12.1 Å². The van der Waals surface area contributed by atoms with Crippen molar-refractivity contribution < 1.29 is 29.4 Å². The second-order valence-corrected chi connectivity index (χ2v) is 18.9. The maximum absolute atomic E-state index is 13.9. The molecular formula is C50H64N10O6. The number of imidazole rings is 2. The van der Waals surface area contributed by atoms with Gasteiger partial charge in [-0.3, -0.25) is 9.59 Å². The molecular weight excluding hydrogens is 837 g/mol. The van der Waals surface area contributed by atoms with Crippen molar-refractivity contribution in [3.63, 3.8) is 0 Å². The van der Waals surface area contributed by atoms with Gasteiger partial charge in [-0.05, 0) is 98.6 Å². The molecule has 66 heavy (non-hydrogen) atoms. The molecule has 2 aromatic heterocycles. The Kier molecular flexibility index (Phi) is 14.4. The van der Waals surface area contributed by atoms with Gasteiger partial charge in [-0.15, -0.1) is 0 Å². The van der Waals surface area contributed by atoms with Gasteiger partial charge in [0.05, 0.1) is 48.1 Å². The molecule has 6 heterocycles. The van der Waals surface area contributed by atoms with Crippen molar-refractivity contribution in [2.45, 2.75) is 115 Å². The van der Waals surface area contributed by atoms with Crippen molar-refractivity contribution >= 4 is 23.9 Å². The van der Waals surface area contributed by atoms with E-state index in [1.165, 1.54) is 0 Å². The molecule has 0 saturated carbocycles. The highest BCUT2D eigenvalue weighted by atomic mass is 16.3. The van der Waals surface area contributed by atoms with Gasteiger partial charge in [0.1, 0.15) is 23.7 Å². The molecule has 2 aromatic carbocycles. The highest BCUT2D eigenvalue weighted by molar-refractivity contribution is 5.88. The van der Waals surface area contributed by atoms with Gasteiger partial charge in [0.2, 0.25) is 11.8 Å². The first-order valence-electron chi connectivity index (χ1n) is 23.7. The molecule has 0 radical (unpaired) electrons. The number of H-pyrrole nitrogens is 2. The van der Waals surface area contributed by atoms with Crippen LogP contribution in [0.4, 0.5) is 9.59 Å². The molecule has 4 saturated heterocycles. The summed E-state index contributed by atoms with van der Waals surface area (Å²) in [7, 11) is 0. The Morgan fingerprint density at radius 2 is 0.939 bits per heavy atom. The zero-order valence-electron chi connectivity index (χ0n) is 38.5. The van der Waals surface area contributed by atoms with Gasteiger partial charge >= 0.3 is 12.1 Å². The number of nitrogens with one attached hydrogen (secondary N) is 4. The van der Waals surface area contributed by atoms with Crippen molar-refractivity contribution in [1.82, 2.24) is 50.2 Å². The molecule has 6 N–H and O–H groups in total. The average Bonchev–Trinajstić information content (AvgIpc) is 4.17. The summed E-state index contributed by atoms with van der Waals surface area (Å²) >= 11 is 0. The minimum absolute atomic E-state index is 0.104. The maximum atomic E-state index is 13.9. The third-order valence-corrected chi connectivity index (χ3v) is 13.6. The number of hydrogen-bond acceptors (Lipinski definition) is 8. The van der Waals surface area contributed by atoms with Crippen LogP contribution in [0.25, 0.3) is 22.5 Å². The lowest BCUT2D eigenvalue weighted by molar-refractivity contribution is -0.136. The van der Waals surface area contributed by atoms with Crippen molar-refractivity contribution in [1.29, 1.82) is 0 Å². The number of carbonyl (C=O) groups is 4. The van der Waals surface area contributed by atoms with E-state index in [9.17, 15) is 29.4 Å². The van der Waals surface area contributed by atoms with E-state index in [1.807, 2.05) is 86.0 Å². The summed E-state index contributed by atoms with van der Waals surface area (Å²) in [4.78, 5) is 77.5. The van der Waals surface area contributed by atoms with Gasteiger partial charge in [0, 0.05) is 50.4 Å². The molecule has 0 bridgehead atoms. The number of carbonyl (C=O) groups excluding carboxylic acids is 4.